The lowest BCUT2D eigenvalue weighted by molar-refractivity contribution is 0.0793. The van der Waals surface area contributed by atoms with Crippen LogP contribution in [0.5, 0.6) is 0 Å². The maximum Gasteiger partial charge on any atom is 0.253 e. The van der Waals surface area contributed by atoms with Gasteiger partial charge in [-0.05, 0) is 55.2 Å². The Morgan fingerprint density at radius 3 is 2.26 bits per heavy atom. The van der Waals surface area contributed by atoms with Crippen LogP contribution in [0, 0.1) is 6.92 Å². The number of nitrogens with zero attached hydrogens (tertiary/aromatic N) is 3. The van der Waals surface area contributed by atoms with Crippen LogP contribution in [-0.4, -0.2) is 55.0 Å². The van der Waals surface area contributed by atoms with Crippen molar-refractivity contribution in [3.05, 3.63) is 65.2 Å². The number of rotatable bonds is 4. The zero-order valence-corrected chi connectivity index (χ0v) is 16.2. The number of carbonyl (C=O) groups excluding carboxylic acids is 1. The van der Waals surface area contributed by atoms with Crippen LogP contribution in [0.2, 0.25) is 0 Å². The van der Waals surface area contributed by atoms with Crippen molar-refractivity contribution in [1.82, 2.24) is 9.80 Å². The fraction of sp³-hybridized carbons (Fsp3) is 0.435. The number of aryl methyl sites for hydroxylation is 1. The summed E-state index contributed by atoms with van der Waals surface area (Å²) >= 11 is 0. The minimum absolute atomic E-state index is 0.186. The molecule has 0 N–H and O–H groups in total. The van der Waals surface area contributed by atoms with Crippen LogP contribution in [0.15, 0.2) is 48.5 Å². The number of hydrogen-bond donors (Lipinski definition) is 0. The molecule has 4 rings (SSSR count). The van der Waals surface area contributed by atoms with E-state index in [1.807, 2.05) is 17.0 Å². The number of carbonyl (C=O) groups is 1. The minimum Gasteiger partial charge on any atom is -0.369 e. The number of piperazine rings is 1. The van der Waals surface area contributed by atoms with Gasteiger partial charge in [-0.1, -0.05) is 24.3 Å². The Kier molecular flexibility index (Phi) is 5.44. The van der Waals surface area contributed by atoms with E-state index < -0.39 is 0 Å². The van der Waals surface area contributed by atoms with Crippen LogP contribution in [0.25, 0.3) is 0 Å². The van der Waals surface area contributed by atoms with Gasteiger partial charge in [-0.15, -0.1) is 0 Å². The molecular weight excluding hydrogens is 334 g/mol. The molecule has 0 spiro atoms. The van der Waals surface area contributed by atoms with Crippen molar-refractivity contribution >= 4 is 11.6 Å². The SMILES string of the molecule is Cc1cccc(N2CCN(Cc3ccc(C(=O)N4CCCC4)cc3)CC2)c1. The van der Waals surface area contributed by atoms with Crippen LogP contribution in [0.1, 0.15) is 34.3 Å². The van der Waals surface area contributed by atoms with Gasteiger partial charge in [0.1, 0.15) is 0 Å². The number of amides is 1. The Hall–Kier alpha value is -2.33. The van der Waals surface area contributed by atoms with Gasteiger partial charge in [0, 0.05) is 57.1 Å². The third kappa shape index (κ3) is 4.33. The van der Waals surface area contributed by atoms with Gasteiger partial charge in [-0.3, -0.25) is 9.69 Å². The van der Waals surface area contributed by atoms with Crippen molar-refractivity contribution in [2.45, 2.75) is 26.3 Å². The Balaban J connectivity index is 1.30. The first-order valence-electron chi connectivity index (χ1n) is 10.1. The predicted molar refractivity (Wildman–Crippen MR) is 110 cm³/mol. The minimum atomic E-state index is 0.186. The molecule has 0 unspecified atom stereocenters. The number of anilines is 1. The van der Waals surface area contributed by atoms with Gasteiger partial charge < -0.3 is 9.80 Å². The van der Waals surface area contributed by atoms with Gasteiger partial charge in [0.15, 0.2) is 0 Å². The molecule has 0 saturated carbocycles. The van der Waals surface area contributed by atoms with E-state index in [1.54, 1.807) is 0 Å². The molecule has 0 radical (unpaired) electrons. The first-order valence-corrected chi connectivity index (χ1v) is 10.1. The molecule has 2 saturated heterocycles. The first-order chi connectivity index (χ1) is 13.2. The molecule has 27 heavy (non-hydrogen) atoms. The fourth-order valence-electron chi connectivity index (χ4n) is 4.10. The smallest absolute Gasteiger partial charge is 0.253 e. The van der Waals surface area contributed by atoms with Gasteiger partial charge in [0.2, 0.25) is 0 Å². The molecule has 0 aromatic heterocycles. The van der Waals surface area contributed by atoms with E-state index in [0.29, 0.717) is 0 Å². The topological polar surface area (TPSA) is 26.8 Å². The van der Waals surface area contributed by atoms with E-state index in [0.717, 1.165) is 64.2 Å². The number of hydrogen-bond acceptors (Lipinski definition) is 3. The summed E-state index contributed by atoms with van der Waals surface area (Å²) in [5.41, 5.74) is 4.76. The molecule has 2 heterocycles. The molecule has 0 atom stereocenters. The highest BCUT2D eigenvalue weighted by Gasteiger charge is 2.20. The summed E-state index contributed by atoms with van der Waals surface area (Å²) in [5.74, 6) is 0.186. The van der Waals surface area contributed by atoms with Crippen molar-refractivity contribution in [2.24, 2.45) is 0 Å². The highest BCUT2D eigenvalue weighted by atomic mass is 16.2. The third-order valence-electron chi connectivity index (χ3n) is 5.74. The predicted octanol–water partition coefficient (Wildman–Crippen LogP) is 3.55. The second-order valence-corrected chi connectivity index (χ2v) is 7.80. The van der Waals surface area contributed by atoms with Crippen molar-refractivity contribution in [2.75, 3.05) is 44.2 Å². The lowest BCUT2D eigenvalue weighted by atomic mass is 10.1. The summed E-state index contributed by atoms with van der Waals surface area (Å²) in [4.78, 5) is 19.4. The molecule has 2 aliphatic rings. The standard InChI is InChI=1S/C23H29N3O/c1-19-5-4-6-22(17-19)25-15-13-24(14-16-25)18-20-7-9-21(10-8-20)23(27)26-11-2-3-12-26/h4-10,17H,2-3,11-16,18H2,1H3. The van der Waals surface area contributed by atoms with Crippen molar-refractivity contribution < 1.29 is 4.79 Å². The highest BCUT2D eigenvalue weighted by molar-refractivity contribution is 5.94. The van der Waals surface area contributed by atoms with Gasteiger partial charge in [-0.2, -0.15) is 0 Å². The fourth-order valence-corrected chi connectivity index (χ4v) is 4.10. The molecule has 4 nitrogen and oxygen atoms in total. The molecule has 0 bridgehead atoms. The molecule has 2 aromatic rings. The summed E-state index contributed by atoms with van der Waals surface area (Å²) in [6, 6.07) is 17.0. The van der Waals surface area contributed by atoms with Crippen molar-refractivity contribution in [3.63, 3.8) is 0 Å². The Labute approximate surface area is 162 Å². The number of benzene rings is 2. The molecule has 142 valence electrons. The van der Waals surface area contributed by atoms with Crippen molar-refractivity contribution in [3.8, 4) is 0 Å². The second-order valence-electron chi connectivity index (χ2n) is 7.80. The molecule has 2 aliphatic heterocycles. The van der Waals surface area contributed by atoms with Gasteiger partial charge in [-0.25, -0.2) is 0 Å². The van der Waals surface area contributed by atoms with E-state index in [1.165, 1.54) is 16.8 Å². The van der Waals surface area contributed by atoms with E-state index in [4.69, 9.17) is 0 Å². The number of likely N-dealkylation sites (tertiary alicyclic amines) is 1. The van der Waals surface area contributed by atoms with E-state index in [2.05, 4.69) is 53.1 Å². The van der Waals surface area contributed by atoms with Crippen LogP contribution in [-0.2, 0) is 6.54 Å². The summed E-state index contributed by atoms with van der Waals surface area (Å²) in [7, 11) is 0. The second kappa shape index (κ2) is 8.13. The van der Waals surface area contributed by atoms with Crippen LogP contribution >= 0.6 is 0 Å². The molecule has 0 aliphatic carbocycles. The van der Waals surface area contributed by atoms with Crippen molar-refractivity contribution in [1.29, 1.82) is 0 Å². The quantitative estimate of drug-likeness (QED) is 0.831. The first kappa shape index (κ1) is 18.1. The molecule has 2 fully saturated rings. The van der Waals surface area contributed by atoms with E-state index in [9.17, 15) is 4.79 Å². The highest BCUT2D eigenvalue weighted by Crippen LogP contribution is 2.19. The van der Waals surface area contributed by atoms with Crippen LogP contribution < -0.4 is 4.90 Å². The lowest BCUT2D eigenvalue weighted by Crippen LogP contribution is -2.46. The van der Waals surface area contributed by atoms with E-state index in [-0.39, 0.29) is 5.91 Å². The Morgan fingerprint density at radius 1 is 0.889 bits per heavy atom. The third-order valence-corrected chi connectivity index (χ3v) is 5.74. The Morgan fingerprint density at radius 2 is 1.59 bits per heavy atom. The molecule has 2 aromatic carbocycles. The largest absolute Gasteiger partial charge is 0.369 e. The zero-order chi connectivity index (χ0) is 18.6. The summed E-state index contributed by atoms with van der Waals surface area (Å²) in [5, 5.41) is 0. The average molecular weight is 364 g/mol. The van der Waals surface area contributed by atoms with Gasteiger partial charge in [0.25, 0.3) is 5.91 Å². The summed E-state index contributed by atoms with van der Waals surface area (Å²) < 4.78 is 0. The van der Waals surface area contributed by atoms with E-state index >= 15 is 0 Å². The van der Waals surface area contributed by atoms with Gasteiger partial charge in [0.05, 0.1) is 0 Å². The average Bonchev–Trinajstić information content (AvgIpc) is 3.23. The summed E-state index contributed by atoms with van der Waals surface area (Å²) in [6.07, 6.45) is 2.27. The maximum absolute atomic E-state index is 12.5. The monoisotopic (exact) mass is 363 g/mol. The van der Waals surface area contributed by atoms with Crippen LogP contribution in [0.4, 0.5) is 5.69 Å². The molecule has 4 heteroatoms. The lowest BCUT2D eigenvalue weighted by Gasteiger charge is -2.36. The molecule has 1 amide bonds. The molecular formula is C23H29N3O. The maximum atomic E-state index is 12.5. The zero-order valence-electron chi connectivity index (χ0n) is 16.2. The Bertz CT molecular complexity index is 772. The summed E-state index contributed by atoms with van der Waals surface area (Å²) in [6.45, 7) is 9.20. The van der Waals surface area contributed by atoms with Gasteiger partial charge >= 0.3 is 0 Å². The normalized spacial score (nSPS) is 18.1. The van der Waals surface area contributed by atoms with Crippen LogP contribution in [0.3, 0.4) is 0 Å².